The third-order valence-corrected chi connectivity index (χ3v) is 2.36. The number of aliphatic hydroxyl groups is 1. The van der Waals surface area contributed by atoms with E-state index in [1.165, 1.54) is 0 Å². The highest BCUT2D eigenvalue weighted by atomic mass is 16.4. The molecule has 0 atom stereocenters. The van der Waals surface area contributed by atoms with Crippen LogP contribution >= 0.6 is 0 Å². The molecule has 0 aliphatic carbocycles. The van der Waals surface area contributed by atoms with Crippen molar-refractivity contribution in [1.29, 1.82) is 0 Å². The van der Waals surface area contributed by atoms with E-state index < -0.39 is 5.97 Å². The normalized spacial score (nSPS) is 10.7. The van der Waals surface area contributed by atoms with Crippen molar-refractivity contribution in [3.63, 3.8) is 0 Å². The Morgan fingerprint density at radius 1 is 1.33 bits per heavy atom. The van der Waals surface area contributed by atoms with Crippen molar-refractivity contribution in [3.05, 3.63) is 36.0 Å². The molecule has 2 aromatic rings. The Hall–Kier alpha value is -1.81. The SMILES string of the molecule is O=C(O)c1cn(CCO)c2ccccc12. The Bertz CT molecular complexity index is 502. The summed E-state index contributed by atoms with van der Waals surface area (Å²) >= 11 is 0. The molecule has 1 aromatic carbocycles. The largest absolute Gasteiger partial charge is 0.478 e. The fraction of sp³-hybridized carbons (Fsp3) is 0.182. The number of aromatic carboxylic acids is 1. The van der Waals surface area contributed by atoms with Gasteiger partial charge in [0, 0.05) is 23.6 Å². The molecular weight excluding hydrogens is 194 g/mol. The van der Waals surface area contributed by atoms with Gasteiger partial charge < -0.3 is 14.8 Å². The number of carboxylic acids is 1. The highest BCUT2D eigenvalue weighted by molar-refractivity contribution is 6.03. The minimum atomic E-state index is -0.942. The number of benzene rings is 1. The molecule has 0 amide bonds. The Labute approximate surface area is 86.4 Å². The number of para-hydroxylation sites is 1. The zero-order valence-corrected chi connectivity index (χ0v) is 8.05. The van der Waals surface area contributed by atoms with Crippen molar-refractivity contribution in [2.24, 2.45) is 0 Å². The molecule has 0 fully saturated rings. The third kappa shape index (κ3) is 1.59. The lowest BCUT2D eigenvalue weighted by Gasteiger charge is -2.00. The zero-order chi connectivity index (χ0) is 10.8. The molecule has 4 nitrogen and oxygen atoms in total. The third-order valence-electron chi connectivity index (χ3n) is 2.36. The van der Waals surface area contributed by atoms with Crippen LogP contribution in [-0.4, -0.2) is 27.4 Å². The van der Waals surface area contributed by atoms with Crippen LogP contribution < -0.4 is 0 Å². The van der Waals surface area contributed by atoms with E-state index in [1.807, 2.05) is 12.1 Å². The molecule has 0 saturated heterocycles. The quantitative estimate of drug-likeness (QED) is 0.794. The summed E-state index contributed by atoms with van der Waals surface area (Å²) in [6.45, 7) is 0.408. The Kier molecular flexibility index (Phi) is 2.43. The monoisotopic (exact) mass is 205 g/mol. The molecule has 0 spiro atoms. The van der Waals surface area contributed by atoms with Crippen LogP contribution in [0, 0.1) is 0 Å². The number of fused-ring (bicyclic) bond motifs is 1. The summed E-state index contributed by atoms with van der Waals surface area (Å²) in [5, 5.41) is 18.6. The van der Waals surface area contributed by atoms with Gasteiger partial charge in [0.1, 0.15) is 0 Å². The lowest BCUT2D eigenvalue weighted by Crippen LogP contribution is -2.00. The van der Waals surface area contributed by atoms with Crippen LogP contribution in [0.15, 0.2) is 30.5 Å². The predicted molar refractivity (Wildman–Crippen MR) is 56.0 cm³/mol. The minimum absolute atomic E-state index is 0.00225. The minimum Gasteiger partial charge on any atom is -0.478 e. The summed E-state index contributed by atoms with van der Waals surface area (Å²) in [4.78, 5) is 11.0. The van der Waals surface area contributed by atoms with Gasteiger partial charge in [-0.2, -0.15) is 0 Å². The van der Waals surface area contributed by atoms with Crippen molar-refractivity contribution in [2.75, 3.05) is 6.61 Å². The Morgan fingerprint density at radius 3 is 2.73 bits per heavy atom. The topological polar surface area (TPSA) is 62.5 Å². The van der Waals surface area contributed by atoms with Crippen LogP contribution in [-0.2, 0) is 6.54 Å². The Morgan fingerprint density at radius 2 is 2.07 bits per heavy atom. The maximum atomic E-state index is 11.0. The summed E-state index contributed by atoms with van der Waals surface area (Å²) in [6, 6.07) is 7.27. The average molecular weight is 205 g/mol. The second-order valence-electron chi connectivity index (χ2n) is 3.28. The molecule has 0 bridgehead atoms. The predicted octanol–water partition coefficient (Wildman–Crippen LogP) is 1.33. The van der Waals surface area contributed by atoms with Crippen LogP contribution in [0.1, 0.15) is 10.4 Å². The zero-order valence-electron chi connectivity index (χ0n) is 8.05. The summed E-state index contributed by atoms with van der Waals surface area (Å²) in [5.74, 6) is -0.942. The molecular formula is C11H11NO3. The average Bonchev–Trinajstić information content (AvgIpc) is 2.59. The number of nitrogens with zero attached hydrogens (tertiary/aromatic N) is 1. The van der Waals surface area contributed by atoms with E-state index in [4.69, 9.17) is 10.2 Å². The van der Waals surface area contributed by atoms with E-state index >= 15 is 0 Å². The second-order valence-corrected chi connectivity index (χ2v) is 3.28. The van der Waals surface area contributed by atoms with Crippen molar-refractivity contribution >= 4 is 16.9 Å². The van der Waals surface area contributed by atoms with Gasteiger partial charge in [-0.1, -0.05) is 18.2 Å². The van der Waals surface area contributed by atoms with Gasteiger partial charge >= 0.3 is 5.97 Å². The van der Waals surface area contributed by atoms with Crippen molar-refractivity contribution < 1.29 is 15.0 Å². The smallest absolute Gasteiger partial charge is 0.337 e. The van der Waals surface area contributed by atoms with Crippen LogP contribution in [0.25, 0.3) is 10.9 Å². The molecule has 2 N–H and O–H groups in total. The molecule has 15 heavy (non-hydrogen) atoms. The van der Waals surface area contributed by atoms with E-state index in [1.54, 1.807) is 22.9 Å². The van der Waals surface area contributed by atoms with E-state index in [2.05, 4.69) is 0 Å². The maximum absolute atomic E-state index is 11.0. The highest BCUT2D eigenvalue weighted by Gasteiger charge is 2.12. The van der Waals surface area contributed by atoms with E-state index in [0.29, 0.717) is 11.9 Å². The summed E-state index contributed by atoms with van der Waals surface area (Å²) in [6.07, 6.45) is 1.56. The van der Waals surface area contributed by atoms with Crippen LogP contribution in [0.4, 0.5) is 0 Å². The van der Waals surface area contributed by atoms with Gasteiger partial charge in [0.25, 0.3) is 0 Å². The molecule has 0 saturated carbocycles. The van der Waals surface area contributed by atoms with Gasteiger partial charge in [-0.3, -0.25) is 0 Å². The fourth-order valence-electron chi connectivity index (χ4n) is 1.71. The van der Waals surface area contributed by atoms with E-state index in [9.17, 15) is 4.79 Å². The number of hydrogen-bond acceptors (Lipinski definition) is 2. The first-order chi connectivity index (χ1) is 7.24. The highest BCUT2D eigenvalue weighted by Crippen LogP contribution is 2.20. The van der Waals surface area contributed by atoms with Crippen molar-refractivity contribution in [3.8, 4) is 0 Å². The number of carboxylic acid groups (broad SMARTS) is 1. The van der Waals surface area contributed by atoms with Crippen LogP contribution in [0.3, 0.4) is 0 Å². The summed E-state index contributed by atoms with van der Waals surface area (Å²) in [7, 11) is 0. The number of aliphatic hydroxyl groups excluding tert-OH is 1. The summed E-state index contributed by atoms with van der Waals surface area (Å²) in [5.41, 5.74) is 1.11. The van der Waals surface area contributed by atoms with E-state index in [0.717, 1.165) is 5.52 Å². The van der Waals surface area contributed by atoms with Crippen LogP contribution in [0.2, 0.25) is 0 Å². The molecule has 0 aliphatic heterocycles. The van der Waals surface area contributed by atoms with Gasteiger partial charge in [-0.15, -0.1) is 0 Å². The number of rotatable bonds is 3. The first-order valence-corrected chi connectivity index (χ1v) is 4.66. The molecule has 1 heterocycles. The first kappa shape index (κ1) is 9.73. The number of hydrogen-bond donors (Lipinski definition) is 2. The molecule has 4 heteroatoms. The first-order valence-electron chi connectivity index (χ1n) is 4.66. The maximum Gasteiger partial charge on any atom is 0.337 e. The number of aromatic nitrogens is 1. The van der Waals surface area contributed by atoms with Crippen LogP contribution in [0.5, 0.6) is 0 Å². The Balaban J connectivity index is 2.67. The van der Waals surface area contributed by atoms with Gasteiger partial charge in [0.2, 0.25) is 0 Å². The van der Waals surface area contributed by atoms with Gasteiger partial charge in [0.15, 0.2) is 0 Å². The van der Waals surface area contributed by atoms with Gasteiger partial charge in [-0.25, -0.2) is 4.79 Å². The standard InChI is InChI=1S/C11H11NO3/c13-6-5-12-7-9(11(14)15)8-3-1-2-4-10(8)12/h1-4,7,13H,5-6H2,(H,14,15). The molecule has 0 radical (unpaired) electrons. The molecule has 0 unspecified atom stereocenters. The summed E-state index contributed by atoms with van der Waals surface area (Å²) < 4.78 is 1.75. The molecule has 78 valence electrons. The lowest BCUT2D eigenvalue weighted by atomic mass is 10.2. The van der Waals surface area contributed by atoms with Gasteiger partial charge in [0.05, 0.1) is 12.2 Å². The molecule has 1 aromatic heterocycles. The number of carbonyl (C=O) groups is 1. The fourth-order valence-corrected chi connectivity index (χ4v) is 1.71. The van der Waals surface area contributed by atoms with E-state index in [-0.39, 0.29) is 12.2 Å². The molecule has 2 rings (SSSR count). The van der Waals surface area contributed by atoms with Gasteiger partial charge in [-0.05, 0) is 6.07 Å². The van der Waals surface area contributed by atoms with Crippen molar-refractivity contribution in [1.82, 2.24) is 4.57 Å². The second kappa shape index (κ2) is 3.74. The van der Waals surface area contributed by atoms with Crippen molar-refractivity contribution in [2.45, 2.75) is 6.54 Å². The molecule has 0 aliphatic rings. The lowest BCUT2D eigenvalue weighted by molar-refractivity contribution is 0.0698.